The molecular weight excluding hydrogens is 1020 g/mol. The van der Waals surface area contributed by atoms with Crippen LogP contribution in [0.25, 0.3) is 0 Å². The number of allylic oxidation sites excluding steroid dienone is 6. The number of hydrogen-bond acceptors (Lipinski definition) is 6. The van der Waals surface area contributed by atoms with Gasteiger partial charge in [-0.15, -0.1) is 0 Å². The highest BCUT2D eigenvalue weighted by atomic mass is 16.6. The van der Waals surface area contributed by atoms with Crippen molar-refractivity contribution in [2.75, 3.05) is 13.2 Å². The lowest BCUT2D eigenvalue weighted by Crippen LogP contribution is -2.30. The number of carbonyl (C=O) groups is 3. The summed E-state index contributed by atoms with van der Waals surface area (Å²) in [5.74, 6) is -0.838. The fourth-order valence-electron chi connectivity index (χ4n) is 11.5. The Kier molecular flexibility index (Phi) is 70.0. The lowest BCUT2D eigenvalue weighted by atomic mass is 10.0. The van der Waals surface area contributed by atoms with Crippen molar-refractivity contribution in [1.82, 2.24) is 0 Å². The molecule has 6 nitrogen and oxygen atoms in total. The molecule has 0 amide bonds. The smallest absolute Gasteiger partial charge is 0.306 e. The van der Waals surface area contributed by atoms with Crippen molar-refractivity contribution >= 4 is 17.9 Å². The van der Waals surface area contributed by atoms with E-state index in [1.807, 2.05) is 0 Å². The van der Waals surface area contributed by atoms with Crippen LogP contribution in [0.15, 0.2) is 36.5 Å². The number of carbonyl (C=O) groups excluding carboxylic acids is 3. The first-order chi connectivity index (χ1) is 41.0. The fourth-order valence-corrected chi connectivity index (χ4v) is 11.5. The van der Waals surface area contributed by atoms with Crippen LogP contribution in [0.2, 0.25) is 0 Å². The average molecular weight is 1170 g/mol. The van der Waals surface area contributed by atoms with Gasteiger partial charge in [0.15, 0.2) is 6.10 Å². The summed E-state index contributed by atoms with van der Waals surface area (Å²) in [5, 5.41) is 0. The number of ether oxygens (including phenoxy) is 3. The molecule has 0 aliphatic rings. The molecule has 0 rings (SSSR count). The van der Waals surface area contributed by atoms with Crippen molar-refractivity contribution in [3.05, 3.63) is 36.5 Å². The van der Waals surface area contributed by atoms with Gasteiger partial charge in [-0.2, -0.15) is 0 Å². The van der Waals surface area contributed by atoms with E-state index >= 15 is 0 Å². The van der Waals surface area contributed by atoms with Crippen LogP contribution in [0.5, 0.6) is 0 Å². The maximum Gasteiger partial charge on any atom is 0.306 e. The molecule has 0 fully saturated rings. The Hall–Kier alpha value is -2.37. The highest BCUT2D eigenvalue weighted by molar-refractivity contribution is 5.71. The number of rotatable bonds is 70. The molecule has 83 heavy (non-hydrogen) atoms. The molecule has 0 saturated heterocycles. The van der Waals surface area contributed by atoms with E-state index in [-0.39, 0.29) is 31.1 Å². The van der Waals surface area contributed by atoms with E-state index < -0.39 is 6.10 Å². The number of esters is 3. The SMILES string of the molecule is CCCCC/C=C\C/C=C\CCCCCCCCCCCC(=O)OCC(COC(=O)CCCCCCCCCCCCCCC/C=C\CCCCCCCCCC)OC(=O)CCCCCCCCCCCCCCCCCCCCCCC. The third-order valence-electron chi connectivity index (χ3n) is 17.1. The zero-order valence-electron chi connectivity index (χ0n) is 56.2. The molecule has 488 valence electrons. The molecule has 6 heteroatoms. The predicted molar refractivity (Wildman–Crippen MR) is 362 cm³/mol. The van der Waals surface area contributed by atoms with Crippen LogP contribution in [0.1, 0.15) is 419 Å². The molecule has 0 aromatic heterocycles. The van der Waals surface area contributed by atoms with Crippen LogP contribution < -0.4 is 0 Å². The molecule has 1 atom stereocenters. The molecular formula is C77H144O6. The average Bonchev–Trinajstić information content (AvgIpc) is 3.49. The van der Waals surface area contributed by atoms with Crippen LogP contribution in [-0.4, -0.2) is 37.2 Å². The molecule has 0 radical (unpaired) electrons. The number of hydrogen-bond donors (Lipinski definition) is 0. The summed E-state index contributed by atoms with van der Waals surface area (Å²) in [6, 6.07) is 0. The topological polar surface area (TPSA) is 78.9 Å². The van der Waals surface area contributed by atoms with Crippen LogP contribution >= 0.6 is 0 Å². The minimum absolute atomic E-state index is 0.0680. The Balaban J connectivity index is 4.29. The van der Waals surface area contributed by atoms with Gasteiger partial charge in [0.05, 0.1) is 0 Å². The summed E-state index contributed by atoms with van der Waals surface area (Å²) in [6.45, 7) is 6.70. The Morgan fingerprint density at radius 3 is 0.699 bits per heavy atom. The van der Waals surface area contributed by atoms with Crippen molar-refractivity contribution in [1.29, 1.82) is 0 Å². The predicted octanol–water partition coefficient (Wildman–Crippen LogP) is 25.9. The van der Waals surface area contributed by atoms with Gasteiger partial charge in [0, 0.05) is 19.3 Å². The molecule has 0 heterocycles. The monoisotopic (exact) mass is 1170 g/mol. The fraction of sp³-hybridized carbons (Fsp3) is 0.883. The van der Waals surface area contributed by atoms with Crippen LogP contribution in [0, 0.1) is 0 Å². The third kappa shape index (κ3) is 70.3. The quantitative estimate of drug-likeness (QED) is 0.0261. The first-order valence-electron chi connectivity index (χ1n) is 37.5. The Labute approximate surface area is 518 Å². The van der Waals surface area contributed by atoms with Gasteiger partial charge in [0.25, 0.3) is 0 Å². The molecule has 0 aliphatic heterocycles. The van der Waals surface area contributed by atoms with Gasteiger partial charge in [-0.3, -0.25) is 14.4 Å². The van der Waals surface area contributed by atoms with Crippen LogP contribution in [-0.2, 0) is 28.6 Å². The van der Waals surface area contributed by atoms with Crippen LogP contribution in [0.4, 0.5) is 0 Å². The van der Waals surface area contributed by atoms with E-state index in [1.54, 1.807) is 0 Å². The van der Waals surface area contributed by atoms with E-state index in [9.17, 15) is 14.4 Å². The normalized spacial score (nSPS) is 12.2. The molecule has 0 N–H and O–H groups in total. The minimum atomic E-state index is -0.773. The van der Waals surface area contributed by atoms with E-state index in [0.717, 1.165) is 64.2 Å². The summed E-state index contributed by atoms with van der Waals surface area (Å²) < 4.78 is 17.1. The Morgan fingerprint density at radius 1 is 0.241 bits per heavy atom. The maximum absolute atomic E-state index is 13.0. The van der Waals surface area contributed by atoms with Crippen molar-refractivity contribution < 1.29 is 28.6 Å². The van der Waals surface area contributed by atoms with E-state index in [1.165, 1.54) is 315 Å². The highest BCUT2D eigenvalue weighted by Gasteiger charge is 2.20. The first kappa shape index (κ1) is 80.6. The van der Waals surface area contributed by atoms with Crippen LogP contribution in [0.3, 0.4) is 0 Å². The molecule has 0 aromatic carbocycles. The van der Waals surface area contributed by atoms with Crippen molar-refractivity contribution in [2.24, 2.45) is 0 Å². The first-order valence-corrected chi connectivity index (χ1v) is 37.5. The zero-order chi connectivity index (χ0) is 59.9. The largest absolute Gasteiger partial charge is 0.462 e. The summed E-state index contributed by atoms with van der Waals surface area (Å²) in [4.78, 5) is 38.6. The van der Waals surface area contributed by atoms with Gasteiger partial charge in [-0.1, -0.05) is 359 Å². The second kappa shape index (κ2) is 72.1. The van der Waals surface area contributed by atoms with Crippen molar-refractivity contribution in [3.8, 4) is 0 Å². The maximum atomic E-state index is 13.0. The van der Waals surface area contributed by atoms with Crippen molar-refractivity contribution in [2.45, 2.75) is 425 Å². The summed E-state index contributed by atoms with van der Waals surface area (Å²) >= 11 is 0. The number of unbranched alkanes of at least 4 members (excludes halogenated alkanes) is 53. The van der Waals surface area contributed by atoms with Gasteiger partial charge in [0.1, 0.15) is 13.2 Å². The van der Waals surface area contributed by atoms with Gasteiger partial charge < -0.3 is 14.2 Å². The van der Waals surface area contributed by atoms with E-state index in [4.69, 9.17) is 14.2 Å². The van der Waals surface area contributed by atoms with Gasteiger partial charge in [-0.05, 0) is 77.0 Å². The Bertz CT molecular complexity index is 1380. The van der Waals surface area contributed by atoms with E-state index in [2.05, 4.69) is 57.2 Å². The second-order valence-corrected chi connectivity index (χ2v) is 25.6. The molecule has 0 saturated carbocycles. The molecule has 0 aliphatic carbocycles. The lowest BCUT2D eigenvalue weighted by molar-refractivity contribution is -0.167. The van der Waals surface area contributed by atoms with Crippen molar-refractivity contribution in [3.63, 3.8) is 0 Å². The minimum Gasteiger partial charge on any atom is -0.462 e. The molecule has 0 spiro atoms. The molecule has 0 aromatic rings. The lowest BCUT2D eigenvalue weighted by Gasteiger charge is -2.18. The molecule has 1 unspecified atom stereocenters. The summed E-state index contributed by atoms with van der Waals surface area (Å²) in [6.07, 6.45) is 90.4. The van der Waals surface area contributed by atoms with Gasteiger partial charge >= 0.3 is 17.9 Å². The highest BCUT2D eigenvalue weighted by Crippen LogP contribution is 2.19. The second-order valence-electron chi connectivity index (χ2n) is 25.6. The van der Waals surface area contributed by atoms with Gasteiger partial charge in [0.2, 0.25) is 0 Å². The third-order valence-corrected chi connectivity index (χ3v) is 17.1. The summed E-state index contributed by atoms with van der Waals surface area (Å²) in [7, 11) is 0. The summed E-state index contributed by atoms with van der Waals surface area (Å²) in [5.41, 5.74) is 0. The van der Waals surface area contributed by atoms with E-state index in [0.29, 0.717) is 19.3 Å². The molecule has 0 bridgehead atoms. The zero-order valence-corrected chi connectivity index (χ0v) is 56.2. The van der Waals surface area contributed by atoms with Gasteiger partial charge in [-0.25, -0.2) is 0 Å². The Morgan fingerprint density at radius 2 is 0.434 bits per heavy atom. The standard InChI is InChI=1S/C77H144O6/c1-4-7-10-13-16-19-22-25-28-31-34-36-37-38-39-41-43-46-49-52-55-58-61-64-67-70-76(79)82-73-74(72-81-75(78)69-66-63-60-57-54-51-48-45-42-33-30-27-24-21-18-15-12-9-6-3)83-77(80)71-68-65-62-59-56-53-50-47-44-40-35-32-29-26-23-20-17-14-11-8-5-2/h18,21,27,30-31,34,74H,4-17,19-20,22-26,28-29,32-33,35-73H2,1-3H3/b21-18-,30-27-,34-31-.